The topological polar surface area (TPSA) is 0 Å². The molecule has 0 saturated carbocycles. The van der Waals surface area contributed by atoms with Gasteiger partial charge >= 0.3 is 0 Å². The van der Waals surface area contributed by atoms with E-state index in [2.05, 4.69) is 19.7 Å². The summed E-state index contributed by atoms with van der Waals surface area (Å²) >= 11 is 0. The zero-order valence-corrected chi connectivity index (χ0v) is 6.82. The van der Waals surface area contributed by atoms with Gasteiger partial charge in [-0.25, -0.2) is 0 Å². The van der Waals surface area contributed by atoms with E-state index < -0.39 is 0 Å². The minimum Gasteiger partial charge on any atom is -0.103 e. The zero-order valence-electron chi connectivity index (χ0n) is 6.82. The van der Waals surface area contributed by atoms with Crippen LogP contribution in [0.4, 0.5) is 0 Å². The third kappa shape index (κ3) is 4.13. The molecule has 0 heteroatoms. The average Bonchev–Trinajstić information content (AvgIpc) is 1.88. The van der Waals surface area contributed by atoms with E-state index in [9.17, 15) is 0 Å². The lowest BCUT2D eigenvalue weighted by atomic mass is 10.1. The number of unbranched alkanes of at least 4 members (excludes halogenated alkanes) is 1. The van der Waals surface area contributed by atoms with Gasteiger partial charge in [0, 0.05) is 0 Å². The van der Waals surface area contributed by atoms with Crippen LogP contribution >= 0.6 is 0 Å². The Morgan fingerprint density at radius 1 is 1.40 bits per heavy atom. The third-order valence-electron chi connectivity index (χ3n) is 1.49. The van der Waals surface area contributed by atoms with E-state index >= 15 is 0 Å². The zero-order chi connectivity index (χ0) is 7.98. The van der Waals surface area contributed by atoms with Gasteiger partial charge < -0.3 is 0 Å². The Morgan fingerprint density at radius 2 is 2.00 bits per heavy atom. The Bertz CT molecular complexity index is 140. The Kier molecular flexibility index (Phi) is 4.65. The van der Waals surface area contributed by atoms with Crippen molar-refractivity contribution < 1.29 is 0 Å². The van der Waals surface area contributed by atoms with Crippen LogP contribution in [0.25, 0.3) is 0 Å². The van der Waals surface area contributed by atoms with Crippen molar-refractivity contribution in [3.63, 3.8) is 0 Å². The third-order valence-corrected chi connectivity index (χ3v) is 1.49. The molecule has 0 N–H and O–H groups in total. The maximum absolute atomic E-state index is 3.89. The van der Waals surface area contributed by atoms with Crippen molar-refractivity contribution in [1.29, 1.82) is 0 Å². The van der Waals surface area contributed by atoms with E-state index in [-0.39, 0.29) is 0 Å². The minimum atomic E-state index is 1.06. The summed E-state index contributed by atoms with van der Waals surface area (Å²) < 4.78 is 0. The number of allylic oxidation sites excluding steroid dienone is 3. The summed E-state index contributed by atoms with van der Waals surface area (Å²) in [6.07, 6.45) is 5.22. The Morgan fingerprint density at radius 3 is 2.40 bits per heavy atom. The lowest BCUT2D eigenvalue weighted by Gasteiger charge is -2.01. The van der Waals surface area contributed by atoms with Gasteiger partial charge in [-0.05, 0) is 26.2 Å². The lowest BCUT2D eigenvalue weighted by molar-refractivity contribution is 0.841. The predicted octanol–water partition coefficient (Wildman–Crippen LogP) is 3.48. The summed E-state index contributed by atoms with van der Waals surface area (Å²) in [6, 6.07) is 0. The molecule has 0 aromatic rings. The number of hydrogen-bond donors (Lipinski definition) is 0. The van der Waals surface area contributed by atoms with Crippen LogP contribution in [0.5, 0.6) is 0 Å². The highest BCUT2D eigenvalue weighted by molar-refractivity contribution is 5.22. The normalized spacial score (nSPS) is 8.90. The first-order chi connectivity index (χ1) is 4.68. The monoisotopic (exact) mass is 136 g/mol. The van der Waals surface area contributed by atoms with Crippen molar-refractivity contribution >= 4 is 0 Å². The molecule has 0 aliphatic rings. The molecule has 0 unspecified atom stereocenters. The van der Waals surface area contributed by atoms with Crippen LogP contribution in [0.3, 0.4) is 0 Å². The van der Waals surface area contributed by atoms with Crippen molar-refractivity contribution in [2.24, 2.45) is 0 Å². The Labute approximate surface area is 64.0 Å². The van der Waals surface area contributed by atoms with E-state index in [1.807, 2.05) is 13.0 Å². The van der Waals surface area contributed by atoms with E-state index in [4.69, 9.17) is 0 Å². The van der Waals surface area contributed by atoms with Gasteiger partial charge in [-0.3, -0.25) is 0 Å². The van der Waals surface area contributed by atoms with Gasteiger partial charge in [0.2, 0.25) is 0 Å². The van der Waals surface area contributed by atoms with Crippen molar-refractivity contribution in [1.82, 2.24) is 0 Å². The second kappa shape index (κ2) is 5.04. The van der Waals surface area contributed by atoms with Crippen LogP contribution in [0, 0.1) is 0 Å². The summed E-state index contributed by atoms with van der Waals surface area (Å²) in [7, 11) is 0. The second-order valence-corrected chi connectivity index (χ2v) is 2.56. The van der Waals surface area contributed by atoms with Gasteiger partial charge in [-0.1, -0.05) is 30.4 Å². The van der Waals surface area contributed by atoms with Gasteiger partial charge in [-0.2, -0.15) is 0 Å². The average molecular weight is 136 g/mol. The highest BCUT2D eigenvalue weighted by atomic mass is 14.0. The SMILES string of the molecule is C=CCCCC(=C)C(=C)C. The molecule has 0 bridgehead atoms. The van der Waals surface area contributed by atoms with Gasteiger partial charge in [-0.15, -0.1) is 6.58 Å². The van der Waals surface area contributed by atoms with Crippen molar-refractivity contribution in [2.45, 2.75) is 26.2 Å². The molecule has 0 fully saturated rings. The molecular weight excluding hydrogens is 120 g/mol. The molecule has 0 heterocycles. The van der Waals surface area contributed by atoms with Crippen LogP contribution in [0.1, 0.15) is 26.2 Å². The first kappa shape index (κ1) is 9.22. The molecular formula is C10H16. The van der Waals surface area contributed by atoms with Gasteiger partial charge in [0.05, 0.1) is 0 Å². The number of hydrogen-bond acceptors (Lipinski definition) is 0. The molecule has 0 aromatic heterocycles. The van der Waals surface area contributed by atoms with E-state index in [0.717, 1.165) is 24.8 Å². The Hall–Kier alpha value is -0.780. The molecule has 0 spiro atoms. The summed E-state index contributed by atoms with van der Waals surface area (Å²) in [6.45, 7) is 13.3. The predicted molar refractivity (Wildman–Crippen MR) is 48.0 cm³/mol. The highest BCUT2D eigenvalue weighted by Gasteiger charge is 1.92. The second-order valence-electron chi connectivity index (χ2n) is 2.56. The smallest absolute Gasteiger partial charge is 0.0279 e. The van der Waals surface area contributed by atoms with Crippen LogP contribution in [0.2, 0.25) is 0 Å². The summed E-state index contributed by atoms with van der Waals surface area (Å²) in [4.78, 5) is 0. The van der Waals surface area contributed by atoms with Crippen molar-refractivity contribution in [3.8, 4) is 0 Å². The molecule has 0 aromatic carbocycles. The Balaban J connectivity index is 3.40. The molecule has 0 aliphatic carbocycles. The fourth-order valence-corrected chi connectivity index (χ4v) is 0.673. The summed E-state index contributed by atoms with van der Waals surface area (Å²) in [5.74, 6) is 0. The molecule has 0 saturated heterocycles. The largest absolute Gasteiger partial charge is 0.103 e. The van der Waals surface area contributed by atoms with Crippen LogP contribution in [-0.2, 0) is 0 Å². The summed E-state index contributed by atoms with van der Waals surface area (Å²) in [5.41, 5.74) is 2.27. The minimum absolute atomic E-state index is 1.06. The molecule has 0 atom stereocenters. The fraction of sp³-hybridized carbons (Fsp3) is 0.400. The maximum atomic E-state index is 3.89. The molecule has 0 rings (SSSR count). The quantitative estimate of drug-likeness (QED) is 0.308. The van der Waals surface area contributed by atoms with Crippen LogP contribution in [0.15, 0.2) is 37.0 Å². The molecule has 10 heavy (non-hydrogen) atoms. The maximum Gasteiger partial charge on any atom is -0.0279 e. The van der Waals surface area contributed by atoms with Gasteiger partial charge in [0.15, 0.2) is 0 Å². The first-order valence-corrected chi connectivity index (χ1v) is 3.63. The molecule has 0 nitrogen and oxygen atoms in total. The van der Waals surface area contributed by atoms with Crippen LogP contribution < -0.4 is 0 Å². The first-order valence-electron chi connectivity index (χ1n) is 3.63. The fourth-order valence-electron chi connectivity index (χ4n) is 0.673. The van der Waals surface area contributed by atoms with Gasteiger partial charge in [0.25, 0.3) is 0 Å². The molecule has 56 valence electrons. The summed E-state index contributed by atoms with van der Waals surface area (Å²) in [5, 5.41) is 0. The highest BCUT2D eigenvalue weighted by Crippen LogP contribution is 2.12. The van der Waals surface area contributed by atoms with E-state index in [1.54, 1.807) is 0 Å². The van der Waals surface area contributed by atoms with E-state index in [0.29, 0.717) is 0 Å². The van der Waals surface area contributed by atoms with Gasteiger partial charge in [0.1, 0.15) is 0 Å². The van der Waals surface area contributed by atoms with Crippen LogP contribution in [-0.4, -0.2) is 0 Å². The molecule has 0 radical (unpaired) electrons. The molecule has 0 aliphatic heterocycles. The standard InChI is InChI=1S/C10H16/c1-5-6-7-8-10(4)9(2)3/h5H,1-2,4,6-8H2,3H3. The van der Waals surface area contributed by atoms with Crippen molar-refractivity contribution in [2.75, 3.05) is 0 Å². The lowest BCUT2D eigenvalue weighted by Crippen LogP contribution is -1.81. The number of rotatable bonds is 5. The van der Waals surface area contributed by atoms with E-state index in [1.165, 1.54) is 5.57 Å². The van der Waals surface area contributed by atoms with Crippen molar-refractivity contribution in [3.05, 3.63) is 37.0 Å². The molecule has 0 amide bonds.